The molecule has 0 aliphatic carbocycles. The number of para-hydroxylation sites is 1. The van der Waals surface area contributed by atoms with Crippen LogP contribution in [0.15, 0.2) is 85.1 Å². The van der Waals surface area contributed by atoms with Gasteiger partial charge < -0.3 is 20.9 Å². The van der Waals surface area contributed by atoms with Gasteiger partial charge in [-0.3, -0.25) is 4.90 Å². The van der Waals surface area contributed by atoms with E-state index in [4.69, 9.17) is 20.9 Å². The number of nitrogens with two attached hydrogens (primary N) is 2. The second kappa shape index (κ2) is 12.4. The van der Waals surface area contributed by atoms with Gasteiger partial charge in [0.05, 0.1) is 31.1 Å². The predicted octanol–water partition coefficient (Wildman–Crippen LogP) is 5.95. The minimum Gasteiger partial charge on any atom is -0.454 e. The van der Waals surface area contributed by atoms with Crippen molar-refractivity contribution in [1.29, 1.82) is 0 Å². The van der Waals surface area contributed by atoms with Crippen LogP contribution in [0.25, 0.3) is 17.0 Å². The molecule has 0 aliphatic rings. The quantitative estimate of drug-likeness (QED) is 0.209. The number of anilines is 3. The zero-order chi connectivity index (χ0) is 32.4. The molecule has 0 bridgehead atoms. The zero-order valence-electron chi connectivity index (χ0n) is 24.2. The van der Waals surface area contributed by atoms with E-state index in [2.05, 4.69) is 20.1 Å². The maximum Gasteiger partial charge on any atom is 0.414 e. The number of benzene rings is 3. The van der Waals surface area contributed by atoms with Gasteiger partial charge in [0.2, 0.25) is 0 Å². The Labute approximate surface area is 259 Å². The summed E-state index contributed by atoms with van der Waals surface area (Å²) in [4.78, 5) is 26.9. The van der Waals surface area contributed by atoms with Crippen molar-refractivity contribution in [2.24, 2.45) is 0 Å². The van der Waals surface area contributed by atoms with Crippen LogP contribution in [0.1, 0.15) is 16.8 Å². The van der Waals surface area contributed by atoms with E-state index in [0.717, 1.165) is 11.1 Å². The SMILES string of the molecule is COC(=O)N(Cc1cccc(Oc2ccccc2F)c1)c1c(N)nc(-n2nc(Cc3ccccc3F)c3ncc(F)cc32)nc1N. The molecule has 0 aliphatic heterocycles. The van der Waals surface area contributed by atoms with E-state index < -0.39 is 23.5 Å². The molecule has 3 heterocycles. The Morgan fingerprint density at radius 3 is 2.35 bits per heavy atom. The molecule has 0 spiro atoms. The average molecular weight is 627 g/mol. The number of carbonyl (C=O) groups excluding carboxylic acids is 1. The van der Waals surface area contributed by atoms with E-state index in [0.29, 0.717) is 28.1 Å². The smallest absolute Gasteiger partial charge is 0.414 e. The molecule has 0 fully saturated rings. The number of aromatic nitrogens is 5. The molecular weight excluding hydrogens is 601 g/mol. The van der Waals surface area contributed by atoms with Gasteiger partial charge in [0.25, 0.3) is 5.95 Å². The summed E-state index contributed by atoms with van der Waals surface area (Å²) in [7, 11) is 1.18. The molecule has 3 aromatic carbocycles. The van der Waals surface area contributed by atoms with E-state index in [1.54, 1.807) is 54.6 Å². The first kappa shape index (κ1) is 29.9. The molecular formula is C32H25F3N8O3. The van der Waals surface area contributed by atoms with Gasteiger partial charge in [0.1, 0.15) is 28.6 Å². The first-order valence-electron chi connectivity index (χ1n) is 13.8. The van der Waals surface area contributed by atoms with Crippen molar-refractivity contribution in [3.63, 3.8) is 0 Å². The molecule has 0 unspecified atom stereocenters. The number of hydrogen-bond acceptors (Lipinski definition) is 9. The van der Waals surface area contributed by atoms with Crippen LogP contribution in [0, 0.1) is 17.5 Å². The van der Waals surface area contributed by atoms with Crippen LogP contribution in [-0.4, -0.2) is 37.9 Å². The first-order valence-corrected chi connectivity index (χ1v) is 13.8. The molecule has 6 rings (SSSR count). The minimum absolute atomic E-state index is 0.0280. The highest BCUT2D eigenvalue weighted by molar-refractivity contribution is 5.95. The Morgan fingerprint density at radius 1 is 0.913 bits per heavy atom. The molecule has 232 valence electrons. The van der Waals surface area contributed by atoms with Crippen LogP contribution in [0.2, 0.25) is 0 Å². The van der Waals surface area contributed by atoms with Gasteiger partial charge in [0, 0.05) is 12.5 Å². The van der Waals surface area contributed by atoms with Gasteiger partial charge >= 0.3 is 6.09 Å². The van der Waals surface area contributed by atoms with Crippen molar-refractivity contribution in [2.45, 2.75) is 13.0 Å². The lowest BCUT2D eigenvalue weighted by Gasteiger charge is -2.24. The van der Waals surface area contributed by atoms with E-state index in [-0.39, 0.29) is 47.5 Å². The van der Waals surface area contributed by atoms with E-state index >= 15 is 0 Å². The Hall–Kier alpha value is -6.18. The fourth-order valence-electron chi connectivity index (χ4n) is 4.87. The Kier molecular flexibility index (Phi) is 8.08. The third-order valence-corrected chi connectivity index (χ3v) is 6.96. The molecule has 1 amide bonds. The van der Waals surface area contributed by atoms with Gasteiger partial charge in [-0.1, -0.05) is 42.5 Å². The number of amides is 1. The average Bonchev–Trinajstić information content (AvgIpc) is 3.39. The second-order valence-corrected chi connectivity index (χ2v) is 10.0. The molecule has 11 nitrogen and oxygen atoms in total. The van der Waals surface area contributed by atoms with Crippen molar-refractivity contribution in [3.8, 4) is 17.4 Å². The number of methoxy groups -OCH3 is 1. The van der Waals surface area contributed by atoms with Gasteiger partial charge in [0.15, 0.2) is 23.2 Å². The van der Waals surface area contributed by atoms with Crippen LogP contribution in [0.4, 0.5) is 35.3 Å². The van der Waals surface area contributed by atoms with Gasteiger partial charge in [-0.25, -0.2) is 22.9 Å². The number of ether oxygens (including phenoxy) is 2. The summed E-state index contributed by atoms with van der Waals surface area (Å²) < 4.78 is 54.8. The highest BCUT2D eigenvalue weighted by Gasteiger charge is 2.26. The fraction of sp³-hybridized carbons (Fsp3) is 0.0938. The summed E-state index contributed by atoms with van der Waals surface area (Å²) in [6.07, 6.45) is 0.252. The van der Waals surface area contributed by atoms with Crippen LogP contribution in [0.3, 0.4) is 0 Å². The molecule has 6 aromatic rings. The number of fused-ring (bicyclic) bond motifs is 1. The topological polar surface area (TPSA) is 147 Å². The highest BCUT2D eigenvalue weighted by atomic mass is 19.1. The third-order valence-electron chi connectivity index (χ3n) is 6.96. The molecule has 0 radical (unpaired) electrons. The summed E-state index contributed by atoms with van der Waals surface area (Å²) in [5, 5.41) is 4.50. The second-order valence-electron chi connectivity index (χ2n) is 10.0. The number of nitrogen functional groups attached to an aromatic ring is 2. The fourth-order valence-corrected chi connectivity index (χ4v) is 4.87. The van der Waals surface area contributed by atoms with E-state index in [1.165, 1.54) is 36.1 Å². The highest BCUT2D eigenvalue weighted by Crippen LogP contribution is 2.33. The number of pyridine rings is 1. The molecule has 0 saturated carbocycles. The Bertz CT molecular complexity index is 2070. The lowest BCUT2D eigenvalue weighted by molar-refractivity contribution is 0.178. The largest absolute Gasteiger partial charge is 0.454 e. The van der Waals surface area contributed by atoms with Crippen LogP contribution in [0.5, 0.6) is 11.5 Å². The lowest BCUT2D eigenvalue weighted by Crippen LogP contribution is -2.32. The van der Waals surface area contributed by atoms with Crippen LogP contribution in [-0.2, 0) is 17.7 Å². The van der Waals surface area contributed by atoms with Gasteiger partial charge in [-0.05, 0) is 41.5 Å². The van der Waals surface area contributed by atoms with Crippen molar-refractivity contribution in [1.82, 2.24) is 24.7 Å². The summed E-state index contributed by atoms with van der Waals surface area (Å²) >= 11 is 0. The van der Waals surface area contributed by atoms with Crippen molar-refractivity contribution >= 4 is 34.4 Å². The zero-order valence-corrected chi connectivity index (χ0v) is 24.2. The summed E-state index contributed by atoms with van der Waals surface area (Å²) in [5.74, 6) is -1.84. The van der Waals surface area contributed by atoms with Crippen molar-refractivity contribution < 1.29 is 27.4 Å². The summed E-state index contributed by atoms with van der Waals surface area (Å²) in [6, 6.07) is 19.9. The number of nitrogens with zero attached hydrogens (tertiary/aromatic N) is 6. The molecule has 3 aromatic heterocycles. The van der Waals surface area contributed by atoms with Gasteiger partial charge in [-0.15, -0.1) is 0 Å². The molecule has 0 atom stereocenters. The normalized spacial score (nSPS) is 11.0. The van der Waals surface area contributed by atoms with Crippen molar-refractivity contribution in [2.75, 3.05) is 23.5 Å². The molecule has 14 heteroatoms. The maximum atomic E-state index is 14.4. The lowest BCUT2D eigenvalue weighted by atomic mass is 10.1. The number of hydrogen-bond donors (Lipinski definition) is 2. The molecule has 46 heavy (non-hydrogen) atoms. The number of rotatable bonds is 8. The number of halogens is 3. The Morgan fingerprint density at radius 2 is 1.63 bits per heavy atom. The maximum absolute atomic E-state index is 14.4. The van der Waals surface area contributed by atoms with Crippen molar-refractivity contribution in [3.05, 3.63) is 119 Å². The third kappa shape index (κ3) is 5.95. The number of carbonyl (C=O) groups is 1. The standard InChI is InChI=1S/C32H25F3N8O3/c1-45-32(44)42(17-18-7-6-9-21(13-18)46-26-12-5-4-11-23(26)35)28-29(36)39-31(40-30(28)37)43-25-15-20(33)16-38-27(25)24(41-43)14-19-8-2-3-10-22(19)34/h2-13,15-16H,14,17H2,1H3,(H4,36,37,39,40). The summed E-state index contributed by atoms with van der Waals surface area (Å²) in [5.41, 5.74) is 14.4. The van der Waals surface area contributed by atoms with E-state index in [1.807, 2.05) is 0 Å². The minimum atomic E-state index is -0.821. The Balaban J connectivity index is 1.36. The van der Waals surface area contributed by atoms with E-state index in [9.17, 15) is 18.0 Å². The molecule has 0 saturated heterocycles. The van der Waals surface area contributed by atoms with Gasteiger partial charge in [-0.2, -0.15) is 19.7 Å². The first-order chi connectivity index (χ1) is 22.2. The van der Waals surface area contributed by atoms with Crippen LogP contribution >= 0.6 is 0 Å². The monoisotopic (exact) mass is 626 g/mol. The summed E-state index contributed by atoms with van der Waals surface area (Å²) in [6.45, 7) is -0.106. The molecule has 4 N–H and O–H groups in total. The van der Waals surface area contributed by atoms with Crippen LogP contribution < -0.4 is 21.1 Å². The predicted molar refractivity (Wildman–Crippen MR) is 164 cm³/mol.